The third-order valence-corrected chi connectivity index (χ3v) is 5.11. The maximum Gasteiger partial charge on any atom is 0.226 e. The molecule has 1 fully saturated rings. The van der Waals surface area contributed by atoms with Gasteiger partial charge in [0.1, 0.15) is 5.75 Å². The number of carbonyl (C=O) groups is 1. The lowest BCUT2D eigenvalue weighted by Crippen LogP contribution is -2.12. The molecule has 0 unspecified atom stereocenters. The van der Waals surface area contributed by atoms with Crippen molar-refractivity contribution >= 4 is 32.6 Å². The van der Waals surface area contributed by atoms with Crippen molar-refractivity contribution in [1.82, 2.24) is 4.98 Å². The van der Waals surface area contributed by atoms with Crippen LogP contribution in [0.2, 0.25) is 0 Å². The van der Waals surface area contributed by atoms with E-state index in [0.29, 0.717) is 18.2 Å². The van der Waals surface area contributed by atoms with Gasteiger partial charge in [-0.3, -0.25) is 4.79 Å². The maximum absolute atomic E-state index is 12.0. The molecule has 1 aliphatic carbocycles. The first-order valence-corrected chi connectivity index (χ1v) is 8.89. The summed E-state index contributed by atoms with van der Waals surface area (Å²) in [5.41, 5.74) is 0.902. The molecule has 4 nitrogen and oxygen atoms in total. The molecule has 0 atom stereocenters. The Bertz CT molecular complexity index is 647. The Morgan fingerprint density at radius 2 is 2.23 bits per heavy atom. The monoisotopic (exact) mass is 318 g/mol. The van der Waals surface area contributed by atoms with Crippen molar-refractivity contribution < 1.29 is 9.53 Å². The topological polar surface area (TPSA) is 51.2 Å². The minimum absolute atomic E-state index is 0.0796. The lowest BCUT2D eigenvalue weighted by atomic mass is 10.0. The van der Waals surface area contributed by atoms with E-state index >= 15 is 0 Å². The molecule has 0 spiro atoms. The van der Waals surface area contributed by atoms with E-state index in [1.807, 2.05) is 25.1 Å². The van der Waals surface area contributed by atoms with Crippen LogP contribution in [0, 0.1) is 5.92 Å². The van der Waals surface area contributed by atoms with Crippen LogP contribution in [0.1, 0.15) is 45.4 Å². The quantitative estimate of drug-likeness (QED) is 0.846. The predicted molar refractivity (Wildman–Crippen MR) is 90.6 cm³/mol. The summed E-state index contributed by atoms with van der Waals surface area (Å²) in [6.07, 6.45) is 6.83. The van der Waals surface area contributed by atoms with Crippen LogP contribution >= 0.6 is 11.3 Å². The second-order valence-corrected chi connectivity index (χ2v) is 6.85. The Kier molecular flexibility index (Phi) is 4.93. The number of anilines is 1. The van der Waals surface area contributed by atoms with E-state index in [2.05, 4.69) is 10.3 Å². The summed E-state index contributed by atoms with van der Waals surface area (Å²) in [6, 6.07) is 5.83. The predicted octanol–water partition coefficient (Wildman–Crippen LogP) is 4.60. The van der Waals surface area contributed by atoms with Crippen molar-refractivity contribution in [2.45, 2.75) is 45.4 Å². The van der Waals surface area contributed by atoms with Gasteiger partial charge in [-0.1, -0.05) is 37.0 Å². The number of hydrogen-bond acceptors (Lipinski definition) is 4. The second kappa shape index (κ2) is 7.09. The molecule has 118 valence electrons. The molecule has 1 amide bonds. The van der Waals surface area contributed by atoms with Gasteiger partial charge in [-0.15, -0.1) is 0 Å². The number of benzene rings is 1. The standard InChI is InChI=1S/C17H22N2O2S/c1-2-21-13-8-9-14-15(11-13)22-17(18-14)19-16(20)10-7-12-5-3-4-6-12/h8-9,11-12H,2-7,10H2,1H3,(H,18,19,20). The highest BCUT2D eigenvalue weighted by atomic mass is 32.1. The van der Waals surface area contributed by atoms with Crippen molar-refractivity contribution in [3.8, 4) is 5.75 Å². The van der Waals surface area contributed by atoms with Crippen molar-refractivity contribution in [2.24, 2.45) is 5.92 Å². The fourth-order valence-electron chi connectivity index (χ4n) is 3.03. The van der Waals surface area contributed by atoms with Crippen LogP contribution < -0.4 is 10.1 Å². The number of hydrogen-bond donors (Lipinski definition) is 1. The molecule has 1 N–H and O–H groups in total. The lowest BCUT2D eigenvalue weighted by Gasteiger charge is -2.07. The largest absolute Gasteiger partial charge is 0.494 e. The average molecular weight is 318 g/mol. The van der Waals surface area contributed by atoms with Crippen LogP contribution in [-0.4, -0.2) is 17.5 Å². The van der Waals surface area contributed by atoms with Gasteiger partial charge in [-0.25, -0.2) is 4.98 Å². The molecule has 1 aromatic carbocycles. The molecule has 0 bridgehead atoms. The zero-order valence-electron chi connectivity index (χ0n) is 12.9. The first kappa shape index (κ1) is 15.3. The lowest BCUT2D eigenvalue weighted by molar-refractivity contribution is -0.116. The molecule has 3 rings (SSSR count). The zero-order chi connectivity index (χ0) is 15.4. The van der Waals surface area contributed by atoms with E-state index in [1.165, 1.54) is 37.0 Å². The number of nitrogens with zero attached hydrogens (tertiary/aromatic N) is 1. The third kappa shape index (κ3) is 3.77. The fourth-order valence-corrected chi connectivity index (χ4v) is 3.94. The summed E-state index contributed by atoms with van der Waals surface area (Å²) < 4.78 is 6.53. The molecule has 2 aromatic rings. The molecule has 5 heteroatoms. The van der Waals surface area contributed by atoms with E-state index in [-0.39, 0.29) is 5.91 Å². The van der Waals surface area contributed by atoms with Crippen LogP contribution in [-0.2, 0) is 4.79 Å². The minimum Gasteiger partial charge on any atom is -0.494 e. The average Bonchev–Trinajstić information content (AvgIpc) is 3.13. The van der Waals surface area contributed by atoms with E-state index < -0.39 is 0 Å². The molecule has 1 aliphatic rings. The van der Waals surface area contributed by atoms with Gasteiger partial charge >= 0.3 is 0 Å². The molecule has 1 aromatic heterocycles. The van der Waals surface area contributed by atoms with E-state index in [9.17, 15) is 4.79 Å². The van der Waals surface area contributed by atoms with Gasteiger partial charge in [-0.05, 0) is 37.5 Å². The number of carbonyl (C=O) groups excluding carboxylic acids is 1. The van der Waals surface area contributed by atoms with Crippen LogP contribution in [0.15, 0.2) is 18.2 Å². The summed E-state index contributed by atoms with van der Waals surface area (Å²) in [5.74, 6) is 1.67. The summed E-state index contributed by atoms with van der Waals surface area (Å²) in [6.45, 7) is 2.61. The summed E-state index contributed by atoms with van der Waals surface area (Å²) in [7, 11) is 0. The van der Waals surface area contributed by atoms with E-state index in [4.69, 9.17) is 4.74 Å². The fraction of sp³-hybridized carbons (Fsp3) is 0.529. The summed E-state index contributed by atoms with van der Waals surface area (Å²) in [4.78, 5) is 16.5. The normalized spacial score (nSPS) is 15.3. The van der Waals surface area contributed by atoms with Crippen molar-refractivity contribution in [3.63, 3.8) is 0 Å². The Labute approximate surface area is 134 Å². The van der Waals surface area contributed by atoms with E-state index in [1.54, 1.807) is 0 Å². The number of aromatic nitrogens is 1. The van der Waals surface area contributed by atoms with Crippen molar-refractivity contribution in [2.75, 3.05) is 11.9 Å². The Hall–Kier alpha value is -1.62. The maximum atomic E-state index is 12.0. The number of rotatable bonds is 6. The number of ether oxygens (including phenoxy) is 1. The highest BCUT2D eigenvalue weighted by Crippen LogP contribution is 2.30. The minimum atomic E-state index is 0.0796. The number of nitrogens with one attached hydrogen (secondary N) is 1. The first-order valence-electron chi connectivity index (χ1n) is 8.08. The van der Waals surface area contributed by atoms with Gasteiger partial charge in [0.2, 0.25) is 5.91 Å². The molecule has 0 saturated heterocycles. The molecule has 0 radical (unpaired) electrons. The van der Waals surface area contributed by atoms with Gasteiger partial charge < -0.3 is 10.1 Å². The van der Waals surface area contributed by atoms with Gasteiger partial charge in [-0.2, -0.15) is 0 Å². The smallest absolute Gasteiger partial charge is 0.226 e. The summed E-state index contributed by atoms with van der Waals surface area (Å²) >= 11 is 1.50. The van der Waals surface area contributed by atoms with Gasteiger partial charge in [0.05, 0.1) is 16.8 Å². The molecule has 1 heterocycles. The van der Waals surface area contributed by atoms with E-state index in [0.717, 1.165) is 28.3 Å². The highest BCUT2D eigenvalue weighted by Gasteiger charge is 2.16. The number of thiazole rings is 1. The molecule has 0 aliphatic heterocycles. The zero-order valence-corrected chi connectivity index (χ0v) is 13.7. The van der Waals surface area contributed by atoms with Crippen molar-refractivity contribution in [3.05, 3.63) is 18.2 Å². The van der Waals surface area contributed by atoms with Crippen LogP contribution in [0.25, 0.3) is 10.2 Å². The number of amides is 1. The number of fused-ring (bicyclic) bond motifs is 1. The SMILES string of the molecule is CCOc1ccc2nc(NC(=O)CCC3CCCC3)sc2c1. The third-order valence-electron chi connectivity index (χ3n) is 4.17. The Morgan fingerprint density at radius 3 is 3.00 bits per heavy atom. The molecular formula is C17H22N2O2S. The van der Waals surface area contributed by atoms with Gasteiger partial charge in [0.25, 0.3) is 0 Å². The summed E-state index contributed by atoms with van der Waals surface area (Å²) in [5, 5.41) is 3.62. The Balaban J connectivity index is 1.59. The molecule has 22 heavy (non-hydrogen) atoms. The first-order chi connectivity index (χ1) is 10.7. The van der Waals surface area contributed by atoms with Crippen molar-refractivity contribution in [1.29, 1.82) is 0 Å². The van der Waals surface area contributed by atoms with Crippen LogP contribution in [0.4, 0.5) is 5.13 Å². The molecular weight excluding hydrogens is 296 g/mol. The molecule has 1 saturated carbocycles. The highest BCUT2D eigenvalue weighted by molar-refractivity contribution is 7.22. The second-order valence-electron chi connectivity index (χ2n) is 5.82. The Morgan fingerprint density at radius 1 is 1.41 bits per heavy atom. The van der Waals surface area contributed by atoms with Crippen LogP contribution in [0.5, 0.6) is 5.75 Å². The van der Waals surface area contributed by atoms with Crippen LogP contribution in [0.3, 0.4) is 0 Å². The van der Waals surface area contributed by atoms with Gasteiger partial charge in [0, 0.05) is 6.42 Å². The van der Waals surface area contributed by atoms with Gasteiger partial charge in [0.15, 0.2) is 5.13 Å².